The summed E-state index contributed by atoms with van der Waals surface area (Å²) in [5, 5.41) is 5.94. The van der Waals surface area contributed by atoms with Crippen LogP contribution in [0.15, 0.2) is 48.5 Å². The van der Waals surface area contributed by atoms with E-state index in [1.165, 1.54) is 0 Å². The summed E-state index contributed by atoms with van der Waals surface area (Å²) in [6, 6.07) is 14.5. The largest absolute Gasteiger partial charge is 0.494 e. The normalized spacial score (nSPS) is 11.4. The van der Waals surface area contributed by atoms with E-state index in [0.717, 1.165) is 42.9 Å². The van der Waals surface area contributed by atoms with Gasteiger partial charge in [-0.3, -0.25) is 10.1 Å². The van der Waals surface area contributed by atoms with Crippen LogP contribution in [0.1, 0.15) is 56.8 Å². The third-order valence-electron chi connectivity index (χ3n) is 4.38. The number of nitrogens with one attached hydrogen (secondary N) is 2. The molecule has 2 aromatic carbocycles. The number of amides is 1. The predicted octanol–water partition coefficient (Wildman–Crippen LogP) is 5.56. The number of hydrogen-bond acceptors (Lipinski definition) is 4. The van der Waals surface area contributed by atoms with Gasteiger partial charge in [-0.25, -0.2) is 0 Å². The molecule has 0 aromatic heterocycles. The van der Waals surface area contributed by atoms with Crippen molar-refractivity contribution < 1.29 is 14.3 Å². The molecular weight excluding hydrogens is 384 g/mol. The van der Waals surface area contributed by atoms with Crippen molar-refractivity contribution >= 4 is 28.9 Å². The molecule has 0 spiro atoms. The first-order valence-corrected chi connectivity index (χ1v) is 10.5. The maximum absolute atomic E-state index is 12.4. The summed E-state index contributed by atoms with van der Waals surface area (Å²) >= 11 is 5.24. The Morgan fingerprint density at radius 3 is 2.28 bits per heavy atom. The summed E-state index contributed by atoms with van der Waals surface area (Å²) in [5.41, 5.74) is 1.30. The fourth-order valence-corrected chi connectivity index (χ4v) is 2.73. The third kappa shape index (κ3) is 8.11. The lowest BCUT2D eigenvalue weighted by Crippen LogP contribution is -2.34. The second-order valence-corrected chi connectivity index (χ2v) is 7.26. The first-order chi connectivity index (χ1) is 14.0. The summed E-state index contributed by atoms with van der Waals surface area (Å²) in [6.45, 7) is 6.95. The van der Waals surface area contributed by atoms with Crippen molar-refractivity contribution in [3.05, 3.63) is 54.1 Å². The fraction of sp³-hybridized carbons (Fsp3) is 0.391. The van der Waals surface area contributed by atoms with Crippen LogP contribution in [0.3, 0.4) is 0 Å². The van der Waals surface area contributed by atoms with Crippen LogP contribution in [0.2, 0.25) is 0 Å². The topological polar surface area (TPSA) is 59.6 Å². The predicted molar refractivity (Wildman–Crippen MR) is 122 cm³/mol. The van der Waals surface area contributed by atoms with Crippen LogP contribution in [-0.2, 0) is 0 Å². The Morgan fingerprint density at radius 1 is 1.00 bits per heavy atom. The molecule has 0 aliphatic carbocycles. The molecule has 0 aliphatic heterocycles. The summed E-state index contributed by atoms with van der Waals surface area (Å²) in [4.78, 5) is 12.4. The maximum Gasteiger partial charge on any atom is 0.257 e. The Hall–Kier alpha value is -2.60. The molecule has 0 fully saturated rings. The van der Waals surface area contributed by atoms with Crippen LogP contribution in [-0.4, -0.2) is 23.7 Å². The van der Waals surface area contributed by atoms with E-state index in [1.807, 2.05) is 31.2 Å². The van der Waals surface area contributed by atoms with E-state index < -0.39 is 0 Å². The smallest absolute Gasteiger partial charge is 0.257 e. The second-order valence-electron chi connectivity index (χ2n) is 6.85. The molecule has 0 saturated carbocycles. The summed E-state index contributed by atoms with van der Waals surface area (Å²) in [6.07, 6.45) is 4.46. The van der Waals surface area contributed by atoms with Crippen LogP contribution in [0.25, 0.3) is 0 Å². The first-order valence-electron chi connectivity index (χ1n) is 10.1. The molecule has 29 heavy (non-hydrogen) atoms. The Kier molecular flexibility index (Phi) is 9.44. The van der Waals surface area contributed by atoms with Gasteiger partial charge in [-0.15, -0.1) is 0 Å². The minimum atomic E-state index is -0.267. The van der Waals surface area contributed by atoms with Gasteiger partial charge in [-0.2, -0.15) is 0 Å². The average Bonchev–Trinajstić information content (AvgIpc) is 2.73. The lowest BCUT2D eigenvalue weighted by molar-refractivity contribution is 0.0977. The molecular formula is C23H30N2O3S. The van der Waals surface area contributed by atoms with Crippen molar-refractivity contribution in [2.75, 3.05) is 11.9 Å². The van der Waals surface area contributed by atoms with Crippen LogP contribution in [0.5, 0.6) is 11.5 Å². The van der Waals surface area contributed by atoms with Crippen LogP contribution >= 0.6 is 12.2 Å². The number of unbranched alkanes of at least 4 members (excludes halogenated alkanes) is 2. The van der Waals surface area contributed by atoms with Crippen molar-refractivity contribution in [1.82, 2.24) is 5.32 Å². The number of ether oxygens (including phenoxy) is 2. The Morgan fingerprint density at radius 2 is 1.66 bits per heavy atom. The zero-order valence-electron chi connectivity index (χ0n) is 17.4. The Bertz CT molecular complexity index is 776. The van der Waals surface area contributed by atoms with Crippen LogP contribution in [0, 0.1) is 0 Å². The molecule has 2 aromatic rings. The van der Waals surface area contributed by atoms with E-state index in [4.69, 9.17) is 21.7 Å². The van der Waals surface area contributed by atoms with E-state index in [9.17, 15) is 4.79 Å². The molecule has 5 nitrogen and oxygen atoms in total. The van der Waals surface area contributed by atoms with E-state index in [-0.39, 0.29) is 17.1 Å². The van der Waals surface area contributed by atoms with Gasteiger partial charge in [-0.1, -0.05) is 26.7 Å². The number of anilines is 1. The molecule has 1 unspecified atom stereocenters. The van der Waals surface area contributed by atoms with Crippen molar-refractivity contribution in [2.24, 2.45) is 0 Å². The van der Waals surface area contributed by atoms with Gasteiger partial charge in [0.05, 0.1) is 12.7 Å². The standard InChI is InChI=1S/C23H30N2O3S/c1-4-6-7-16-27-20-12-8-18(9-13-20)22(26)25-23(29)24-19-10-14-21(15-11-19)28-17(3)5-2/h8-15,17H,4-7,16H2,1-3H3,(H2,24,25,26,29). The molecule has 2 rings (SSSR count). The highest BCUT2D eigenvalue weighted by atomic mass is 32.1. The zero-order chi connectivity index (χ0) is 21.1. The minimum Gasteiger partial charge on any atom is -0.494 e. The molecule has 6 heteroatoms. The van der Waals surface area contributed by atoms with Gasteiger partial charge in [0.25, 0.3) is 5.91 Å². The van der Waals surface area contributed by atoms with Crippen molar-refractivity contribution in [1.29, 1.82) is 0 Å². The monoisotopic (exact) mass is 414 g/mol. The lowest BCUT2D eigenvalue weighted by Gasteiger charge is -2.14. The highest BCUT2D eigenvalue weighted by Crippen LogP contribution is 2.18. The number of rotatable bonds is 10. The van der Waals surface area contributed by atoms with Gasteiger partial charge >= 0.3 is 0 Å². The highest BCUT2D eigenvalue weighted by Gasteiger charge is 2.09. The van der Waals surface area contributed by atoms with Gasteiger partial charge in [0.15, 0.2) is 5.11 Å². The zero-order valence-corrected chi connectivity index (χ0v) is 18.2. The number of carbonyl (C=O) groups excluding carboxylic acids is 1. The Labute approximate surface area is 178 Å². The second kappa shape index (κ2) is 12.1. The van der Waals surface area contributed by atoms with Gasteiger partial charge < -0.3 is 14.8 Å². The lowest BCUT2D eigenvalue weighted by atomic mass is 10.2. The van der Waals surface area contributed by atoms with E-state index in [0.29, 0.717) is 12.2 Å². The Balaban J connectivity index is 1.81. The highest BCUT2D eigenvalue weighted by molar-refractivity contribution is 7.80. The van der Waals surface area contributed by atoms with Crippen molar-refractivity contribution in [3.63, 3.8) is 0 Å². The van der Waals surface area contributed by atoms with Crippen molar-refractivity contribution in [2.45, 2.75) is 52.6 Å². The number of thiocarbonyl (C=S) groups is 1. The average molecular weight is 415 g/mol. The summed E-state index contributed by atoms with van der Waals surface area (Å²) in [7, 11) is 0. The summed E-state index contributed by atoms with van der Waals surface area (Å²) in [5.74, 6) is 1.30. The molecule has 1 amide bonds. The molecule has 0 bridgehead atoms. The van der Waals surface area contributed by atoms with Gasteiger partial charge in [0.2, 0.25) is 0 Å². The molecule has 2 N–H and O–H groups in total. The molecule has 0 radical (unpaired) electrons. The fourth-order valence-electron chi connectivity index (χ4n) is 2.51. The number of carbonyl (C=O) groups is 1. The molecule has 0 saturated heterocycles. The first kappa shape index (κ1) is 22.7. The molecule has 0 heterocycles. The maximum atomic E-state index is 12.4. The molecule has 0 aliphatic rings. The van der Waals surface area contributed by atoms with Crippen LogP contribution < -0.4 is 20.1 Å². The van der Waals surface area contributed by atoms with E-state index in [2.05, 4.69) is 24.5 Å². The van der Waals surface area contributed by atoms with E-state index in [1.54, 1.807) is 24.3 Å². The number of hydrogen-bond donors (Lipinski definition) is 2. The summed E-state index contributed by atoms with van der Waals surface area (Å²) < 4.78 is 11.4. The quantitative estimate of drug-likeness (QED) is 0.394. The third-order valence-corrected chi connectivity index (χ3v) is 4.59. The molecule has 1 atom stereocenters. The number of benzene rings is 2. The van der Waals surface area contributed by atoms with Crippen molar-refractivity contribution in [3.8, 4) is 11.5 Å². The van der Waals surface area contributed by atoms with Gasteiger partial charge in [0.1, 0.15) is 11.5 Å². The van der Waals surface area contributed by atoms with E-state index >= 15 is 0 Å². The van der Waals surface area contributed by atoms with Crippen LogP contribution in [0.4, 0.5) is 5.69 Å². The minimum absolute atomic E-state index is 0.169. The van der Waals surface area contributed by atoms with Gasteiger partial charge in [-0.05, 0) is 80.5 Å². The SMILES string of the molecule is CCCCCOc1ccc(C(=O)NC(=S)Nc2ccc(OC(C)CC)cc2)cc1. The molecule has 156 valence electrons. The van der Waals surface area contributed by atoms with Gasteiger partial charge in [0, 0.05) is 11.3 Å².